The molecule has 4 rings (SSSR count). The van der Waals surface area contributed by atoms with Crippen molar-refractivity contribution in [2.45, 2.75) is 18.8 Å². The van der Waals surface area contributed by atoms with Crippen molar-refractivity contribution in [3.05, 3.63) is 95.6 Å². The molecule has 2 amide bonds. The largest absolute Gasteiger partial charge is 0.416 e. The Balaban J connectivity index is 1.78. The van der Waals surface area contributed by atoms with Crippen molar-refractivity contribution in [1.29, 1.82) is 0 Å². The molecule has 1 unspecified atom stereocenters. The zero-order valence-corrected chi connectivity index (χ0v) is 16.1. The summed E-state index contributed by atoms with van der Waals surface area (Å²) < 4.78 is 38.7. The summed E-state index contributed by atoms with van der Waals surface area (Å²) in [6.45, 7) is 1.78. The predicted octanol–water partition coefficient (Wildman–Crippen LogP) is 5.31. The van der Waals surface area contributed by atoms with Crippen LogP contribution in [0.2, 0.25) is 0 Å². The monoisotopic (exact) mass is 412 g/mol. The van der Waals surface area contributed by atoms with Crippen molar-refractivity contribution in [2.24, 2.45) is 0 Å². The standard InChI is InChI=1S/C23H19F3N2O2/c1-16-7-11-20(12-8-16)28-21(29)27(15-22(28,30)17-5-3-2-4-6-17)19-13-9-18(10-14-19)23(24,25)26/h2-14,30H,15H2,1H3. The van der Waals surface area contributed by atoms with Gasteiger partial charge in [-0.15, -0.1) is 0 Å². The number of nitrogens with zero attached hydrogens (tertiary/aromatic N) is 2. The number of β-amino-alcohol motifs (C(OH)–C–C–N with tert-alkyl or cyclic N) is 1. The van der Waals surface area contributed by atoms with Crippen molar-refractivity contribution in [2.75, 3.05) is 16.3 Å². The Morgan fingerprint density at radius 2 is 1.43 bits per heavy atom. The fourth-order valence-corrected chi connectivity index (χ4v) is 3.61. The lowest BCUT2D eigenvalue weighted by Gasteiger charge is -2.32. The molecular weight excluding hydrogens is 393 g/mol. The molecule has 7 heteroatoms. The van der Waals surface area contributed by atoms with Crippen LogP contribution in [-0.2, 0) is 11.9 Å². The summed E-state index contributed by atoms with van der Waals surface area (Å²) in [5.74, 6) is 0. The summed E-state index contributed by atoms with van der Waals surface area (Å²) in [7, 11) is 0. The van der Waals surface area contributed by atoms with Gasteiger partial charge in [-0.2, -0.15) is 13.2 Å². The summed E-state index contributed by atoms with van der Waals surface area (Å²) in [4.78, 5) is 15.9. The molecule has 0 radical (unpaired) electrons. The normalized spacial score (nSPS) is 19.4. The maximum absolute atomic E-state index is 13.3. The van der Waals surface area contributed by atoms with E-state index in [0.717, 1.165) is 17.7 Å². The van der Waals surface area contributed by atoms with Crippen LogP contribution in [0, 0.1) is 6.92 Å². The molecule has 1 atom stereocenters. The number of urea groups is 1. The van der Waals surface area contributed by atoms with Crippen LogP contribution in [0.4, 0.5) is 29.3 Å². The molecule has 0 saturated carbocycles. The molecule has 3 aromatic rings. The van der Waals surface area contributed by atoms with Gasteiger partial charge in [0, 0.05) is 16.9 Å². The molecule has 1 aliphatic rings. The lowest BCUT2D eigenvalue weighted by Crippen LogP contribution is -2.44. The molecular formula is C23H19F3N2O2. The molecule has 0 bridgehead atoms. The van der Waals surface area contributed by atoms with E-state index in [-0.39, 0.29) is 12.2 Å². The lowest BCUT2D eigenvalue weighted by molar-refractivity contribution is -0.137. The maximum atomic E-state index is 13.3. The fourth-order valence-electron chi connectivity index (χ4n) is 3.61. The van der Waals surface area contributed by atoms with E-state index in [9.17, 15) is 23.1 Å². The van der Waals surface area contributed by atoms with Crippen LogP contribution in [0.15, 0.2) is 78.9 Å². The number of rotatable bonds is 3. The number of halogens is 3. The average molecular weight is 412 g/mol. The van der Waals surface area contributed by atoms with Crippen molar-refractivity contribution >= 4 is 17.4 Å². The van der Waals surface area contributed by atoms with Gasteiger partial charge in [0.25, 0.3) is 0 Å². The SMILES string of the molecule is Cc1ccc(N2C(=O)N(c3ccc(C(F)(F)F)cc3)CC2(O)c2ccccc2)cc1. The number of hydrogen-bond acceptors (Lipinski definition) is 2. The predicted molar refractivity (Wildman–Crippen MR) is 108 cm³/mol. The van der Waals surface area contributed by atoms with E-state index < -0.39 is 23.5 Å². The number of benzene rings is 3. The molecule has 1 N–H and O–H groups in total. The van der Waals surface area contributed by atoms with E-state index in [2.05, 4.69) is 0 Å². The van der Waals surface area contributed by atoms with Gasteiger partial charge < -0.3 is 5.11 Å². The second kappa shape index (κ2) is 7.18. The van der Waals surface area contributed by atoms with Crippen LogP contribution in [0.25, 0.3) is 0 Å². The first kappa shape index (κ1) is 20.0. The maximum Gasteiger partial charge on any atom is 0.416 e. The van der Waals surface area contributed by atoms with Crippen molar-refractivity contribution in [1.82, 2.24) is 0 Å². The van der Waals surface area contributed by atoms with E-state index in [1.165, 1.54) is 21.9 Å². The minimum atomic E-state index is -4.47. The van der Waals surface area contributed by atoms with Crippen LogP contribution < -0.4 is 9.80 Å². The Morgan fingerprint density at radius 3 is 2.00 bits per heavy atom. The first-order valence-corrected chi connectivity index (χ1v) is 9.34. The molecule has 0 spiro atoms. The molecule has 1 saturated heterocycles. The summed E-state index contributed by atoms with van der Waals surface area (Å²) in [6.07, 6.45) is -4.47. The van der Waals surface area contributed by atoms with Gasteiger partial charge in [0.15, 0.2) is 5.72 Å². The molecule has 1 fully saturated rings. The van der Waals surface area contributed by atoms with Crippen molar-refractivity contribution in [3.8, 4) is 0 Å². The van der Waals surface area contributed by atoms with E-state index in [1.807, 2.05) is 19.1 Å². The minimum absolute atomic E-state index is 0.130. The first-order valence-electron chi connectivity index (χ1n) is 9.34. The second-order valence-electron chi connectivity index (χ2n) is 7.27. The van der Waals surface area contributed by atoms with Crippen LogP contribution >= 0.6 is 0 Å². The third-order valence-corrected chi connectivity index (χ3v) is 5.21. The Bertz CT molecular complexity index is 1050. The van der Waals surface area contributed by atoms with Crippen LogP contribution in [-0.4, -0.2) is 17.7 Å². The van der Waals surface area contributed by atoms with E-state index >= 15 is 0 Å². The van der Waals surface area contributed by atoms with Gasteiger partial charge in [0.1, 0.15) is 0 Å². The number of aliphatic hydroxyl groups is 1. The zero-order chi connectivity index (χ0) is 21.5. The summed E-state index contributed by atoms with van der Waals surface area (Å²) in [6, 6.07) is 19.7. The smallest absolute Gasteiger partial charge is 0.365 e. The number of hydrogen-bond donors (Lipinski definition) is 1. The quantitative estimate of drug-likeness (QED) is 0.634. The average Bonchev–Trinajstić information content (AvgIpc) is 3.01. The number of carbonyl (C=O) groups is 1. The molecule has 30 heavy (non-hydrogen) atoms. The van der Waals surface area contributed by atoms with E-state index in [4.69, 9.17) is 0 Å². The number of anilines is 2. The highest BCUT2D eigenvalue weighted by atomic mass is 19.4. The van der Waals surface area contributed by atoms with Crippen molar-refractivity contribution < 1.29 is 23.1 Å². The molecule has 1 heterocycles. The number of carbonyl (C=O) groups excluding carboxylic acids is 1. The Hall–Kier alpha value is -3.32. The molecule has 154 valence electrons. The van der Waals surface area contributed by atoms with Crippen LogP contribution in [0.3, 0.4) is 0 Å². The summed E-state index contributed by atoms with van der Waals surface area (Å²) in [5.41, 5.74) is -0.215. The highest BCUT2D eigenvalue weighted by molar-refractivity contribution is 6.07. The summed E-state index contributed by atoms with van der Waals surface area (Å²) >= 11 is 0. The van der Waals surface area contributed by atoms with Crippen LogP contribution in [0.1, 0.15) is 16.7 Å². The topological polar surface area (TPSA) is 43.8 Å². The van der Waals surface area contributed by atoms with Gasteiger partial charge in [0.2, 0.25) is 0 Å². The second-order valence-corrected chi connectivity index (χ2v) is 7.27. The molecule has 4 nitrogen and oxygen atoms in total. The first-order chi connectivity index (χ1) is 14.2. The molecule has 1 aliphatic heterocycles. The van der Waals surface area contributed by atoms with Gasteiger partial charge >= 0.3 is 12.2 Å². The van der Waals surface area contributed by atoms with Gasteiger partial charge in [-0.3, -0.25) is 9.80 Å². The number of amides is 2. The zero-order valence-electron chi connectivity index (χ0n) is 16.1. The molecule has 3 aromatic carbocycles. The van der Waals surface area contributed by atoms with Gasteiger partial charge in [-0.1, -0.05) is 48.0 Å². The highest BCUT2D eigenvalue weighted by Crippen LogP contribution is 2.40. The highest BCUT2D eigenvalue weighted by Gasteiger charge is 2.51. The third-order valence-electron chi connectivity index (χ3n) is 5.21. The third kappa shape index (κ3) is 3.41. The van der Waals surface area contributed by atoms with E-state index in [1.54, 1.807) is 42.5 Å². The number of alkyl halides is 3. The minimum Gasteiger partial charge on any atom is -0.365 e. The Morgan fingerprint density at radius 1 is 0.867 bits per heavy atom. The summed E-state index contributed by atoms with van der Waals surface area (Å²) in [5, 5.41) is 11.6. The fraction of sp³-hybridized carbons (Fsp3) is 0.174. The van der Waals surface area contributed by atoms with Gasteiger partial charge in [-0.25, -0.2) is 4.79 Å². The molecule has 0 aromatic heterocycles. The van der Waals surface area contributed by atoms with E-state index in [0.29, 0.717) is 11.3 Å². The Labute approximate surface area is 171 Å². The van der Waals surface area contributed by atoms with Crippen molar-refractivity contribution in [3.63, 3.8) is 0 Å². The number of aryl methyl sites for hydroxylation is 1. The van der Waals surface area contributed by atoms with Gasteiger partial charge in [-0.05, 0) is 43.3 Å². The lowest BCUT2D eigenvalue weighted by atomic mass is 10.0. The Kier molecular flexibility index (Phi) is 4.78. The molecule has 0 aliphatic carbocycles. The van der Waals surface area contributed by atoms with Gasteiger partial charge in [0.05, 0.1) is 12.1 Å². The van der Waals surface area contributed by atoms with Crippen LogP contribution in [0.5, 0.6) is 0 Å².